The third-order valence-electron chi connectivity index (χ3n) is 4.32. The van der Waals surface area contributed by atoms with Gasteiger partial charge < -0.3 is 10.1 Å². The molecule has 114 valence electrons. The molecule has 4 heteroatoms. The lowest BCUT2D eigenvalue weighted by Crippen LogP contribution is -2.24. The summed E-state index contributed by atoms with van der Waals surface area (Å²) in [4.78, 5) is 0. The fourth-order valence-electron chi connectivity index (χ4n) is 3.23. The van der Waals surface area contributed by atoms with Gasteiger partial charge in [0.1, 0.15) is 0 Å². The number of nitrogens with zero attached hydrogens (tertiary/aromatic N) is 2. The van der Waals surface area contributed by atoms with E-state index in [0.717, 1.165) is 39.0 Å². The van der Waals surface area contributed by atoms with Crippen LogP contribution in [0.1, 0.15) is 68.6 Å². The molecular formula is C16H29N3O. The standard InChI is InChI=1S/C16H29N3O/c1-5-9-17-15(6-2)16-12(3)18-19(13(16)4)14-7-10-20-11-8-14/h14-15,17H,5-11H2,1-4H3. The van der Waals surface area contributed by atoms with Crippen LogP contribution >= 0.6 is 0 Å². The van der Waals surface area contributed by atoms with Gasteiger partial charge in [-0.3, -0.25) is 4.68 Å². The summed E-state index contributed by atoms with van der Waals surface area (Å²) in [5, 5.41) is 8.49. The van der Waals surface area contributed by atoms with Crippen LogP contribution in [0.3, 0.4) is 0 Å². The molecule has 1 atom stereocenters. The minimum Gasteiger partial charge on any atom is -0.381 e. The maximum atomic E-state index is 5.47. The van der Waals surface area contributed by atoms with E-state index in [4.69, 9.17) is 9.84 Å². The van der Waals surface area contributed by atoms with Crippen LogP contribution < -0.4 is 5.32 Å². The molecule has 1 saturated heterocycles. The smallest absolute Gasteiger partial charge is 0.0644 e. The number of nitrogens with one attached hydrogen (secondary N) is 1. The highest BCUT2D eigenvalue weighted by molar-refractivity contribution is 5.28. The van der Waals surface area contributed by atoms with E-state index in [-0.39, 0.29) is 0 Å². The molecular weight excluding hydrogens is 250 g/mol. The Balaban J connectivity index is 2.22. The number of hydrogen-bond donors (Lipinski definition) is 1. The van der Waals surface area contributed by atoms with Gasteiger partial charge in [-0.05, 0) is 46.1 Å². The topological polar surface area (TPSA) is 39.1 Å². The molecule has 1 aromatic heterocycles. The van der Waals surface area contributed by atoms with Gasteiger partial charge in [0, 0.05) is 30.5 Å². The van der Waals surface area contributed by atoms with E-state index < -0.39 is 0 Å². The van der Waals surface area contributed by atoms with Crippen molar-refractivity contribution in [1.82, 2.24) is 15.1 Å². The summed E-state index contributed by atoms with van der Waals surface area (Å²) in [5.41, 5.74) is 3.93. The van der Waals surface area contributed by atoms with Gasteiger partial charge in [-0.15, -0.1) is 0 Å². The highest BCUT2D eigenvalue weighted by atomic mass is 16.5. The molecule has 1 N–H and O–H groups in total. The van der Waals surface area contributed by atoms with E-state index in [1.165, 1.54) is 23.4 Å². The summed E-state index contributed by atoms with van der Waals surface area (Å²) in [6, 6.07) is 0.948. The normalized spacial score (nSPS) is 18.4. The van der Waals surface area contributed by atoms with Crippen molar-refractivity contribution in [3.05, 3.63) is 17.0 Å². The Bertz CT molecular complexity index is 422. The zero-order valence-corrected chi connectivity index (χ0v) is 13.4. The lowest BCUT2D eigenvalue weighted by Gasteiger charge is -2.24. The first kappa shape index (κ1) is 15.5. The molecule has 0 amide bonds. The first-order valence-electron chi connectivity index (χ1n) is 8.05. The van der Waals surface area contributed by atoms with E-state index in [9.17, 15) is 0 Å². The summed E-state index contributed by atoms with van der Waals surface area (Å²) in [7, 11) is 0. The van der Waals surface area contributed by atoms with Crippen molar-refractivity contribution in [1.29, 1.82) is 0 Å². The van der Waals surface area contributed by atoms with Crippen LogP contribution in [0.2, 0.25) is 0 Å². The molecule has 0 radical (unpaired) electrons. The lowest BCUT2D eigenvalue weighted by atomic mass is 10.0. The zero-order valence-electron chi connectivity index (χ0n) is 13.4. The van der Waals surface area contributed by atoms with Gasteiger partial charge >= 0.3 is 0 Å². The summed E-state index contributed by atoms with van der Waals surface area (Å²) < 4.78 is 7.72. The van der Waals surface area contributed by atoms with Crippen LogP contribution in [0.25, 0.3) is 0 Å². The Morgan fingerprint density at radius 1 is 1.30 bits per heavy atom. The van der Waals surface area contributed by atoms with Crippen molar-refractivity contribution in [2.45, 2.75) is 65.5 Å². The minimum atomic E-state index is 0.434. The van der Waals surface area contributed by atoms with E-state index in [1.54, 1.807) is 0 Å². The molecule has 0 saturated carbocycles. The molecule has 0 bridgehead atoms. The molecule has 1 aliphatic heterocycles. The molecule has 0 spiro atoms. The predicted octanol–water partition coefficient (Wildman–Crippen LogP) is 3.30. The average Bonchev–Trinajstić information content (AvgIpc) is 2.77. The Hall–Kier alpha value is -0.870. The molecule has 1 unspecified atom stereocenters. The van der Waals surface area contributed by atoms with Gasteiger partial charge in [0.05, 0.1) is 11.7 Å². The van der Waals surface area contributed by atoms with E-state index in [2.05, 4.69) is 37.7 Å². The van der Waals surface area contributed by atoms with Gasteiger partial charge in [-0.25, -0.2) is 0 Å². The third kappa shape index (κ3) is 3.23. The third-order valence-corrected chi connectivity index (χ3v) is 4.32. The van der Waals surface area contributed by atoms with Crippen molar-refractivity contribution in [3.8, 4) is 0 Å². The maximum absolute atomic E-state index is 5.47. The van der Waals surface area contributed by atoms with Crippen molar-refractivity contribution in [3.63, 3.8) is 0 Å². The van der Waals surface area contributed by atoms with Crippen LogP contribution in [-0.2, 0) is 4.74 Å². The van der Waals surface area contributed by atoms with Crippen molar-refractivity contribution >= 4 is 0 Å². The van der Waals surface area contributed by atoms with E-state index in [1.807, 2.05) is 0 Å². The van der Waals surface area contributed by atoms with E-state index >= 15 is 0 Å². The molecule has 0 aromatic carbocycles. The first-order chi connectivity index (χ1) is 9.69. The predicted molar refractivity (Wildman–Crippen MR) is 82.1 cm³/mol. The molecule has 2 heterocycles. The van der Waals surface area contributed by atoms with Gasteiger partial charge in [-0.1, -0.05) is 13.8 Å². The van der Waals surface area contributed by atoms with Crippen molar-refractivity contribution < 1.29 is 4.74 Å². The fourth-order valence-corrected chi connectivity index (χ4v) is 3.23. The number of aryl methyl sites for hydroxylation is 1. The number of aromatic nitrogens is 2. The second-order valence-corrected chi connectivity index (χ2v) is 5.79. The Kier molecular flexibility index (Phi) is 5.61. The van der Waals surface area contributed by atoms with Crippen LogP contribution in [0, 0.1) is 13.8 Å². The summed E-state index contributed by atoms with van der Waals surface area (Å²) in [6.45, 7) is 11.6. The molecule has 4 nitrogen and oxygen atoms in total. The van der Waals surface area contributed by atoms with Gasteiger partial charge in [0.15, 0.2) is 0 Å². The van der Waals surface area contributed by atoms with E-state index in [0.29, 0.717) is 12.1 Å². The summed E-state index contributed by atoms with van der Waals surface area (Å²) >= 11 is 0. The van der Waals surface area contributed by atoms with Crippen LogP contribution in [-0.4, -0.2) is 29.5 Å². The molecule has 1 aliphatic rings. The fraction of sp³-hybridized carbons (Fsp3) is 0.812. The molecule has 20 heavy (non-hydrogen) atoms. The highest BCUT2D eigenvalue weighted by Crippen LogP contribution is 2.29. The molecule has 0 aliphatic carbocycles. The lowest BCUT2D eigenvalue weighted by molar-refractivity contribution is 0.0655. The Labute approximate surface area is 122 Å². The van der Waals surface area contributed by atoms with Gasteiger partial charge in [-0.2, -0.15) is 5.10 Å². The number of ether oxygens (including phenoxy) is 1. The quantitative estimate of drug-likeness (QED) is 0.868. The van der Waals surface area contributed by atoms with Crippen LogP contribution in [0.5, 0.6) is 0 Å². The van der Waals surface area contributed by atoms with Crippen LogP contribution in [0.15, 0.2) is 0 Å². The summed E-state index contributed by atoms with van der Waals surface area (Å²) in [5.74, 6) is 0. The summed E-state index contributed by atoms with van der Waals surface area (Å²) in [6.07, 6.45) is 4.45. The second kappa shape index (κ2) is 7.23. The molecule has 2 rings (SSSR count). The first-order valence-corrected chi connectivity index (χ1v) is 8.05. The van der Waals surface area contributed by atoms with Crippen molar-refractivity contribution in [2.24, 2.45) is 0 Å². The van der Waals surface area contributed by atoms with Crippen LogP contribution in [0.4, 0.5) is 0 Å². The Morgan fingerprint density at radius 3 is 2.60 bits per heavy atom. The van der Waals surface area contributed by atoms with Gasteiger partial charge in [0.2, 0.25) is 0 Å². The number of hydrogen-bond acceptors (Lipinski definition) is 3. The molecule has 1 fully saturated rings. The maximum Gasteiger partial charge on any atom is 0.0644 e. The largest absolute Gasteiger partial charge is 0.381 e. The SMILES string of the molecule is CCCNC(CC)c1c(C)nn(C2CCOCC2)c1C. The average molecular weight is 279 g/mol. The van der Waals surface area contributed by atoms with Gasteiger partial charge in [0.25, 0.3) is 0 Å². The highest BCUT2D eigenvalue weighted by Gasteiger charge is 2.24. The second-order valence-electron chi connectivity index (χ2n) is 5.79. The van der Waals surface area contributed by atoms with Crippen molar-refractivity contribution in [2.75, 3.05) is 19.8 Å². The number of rotatable bonds is 6. The Morgan fingerprint density at radius 2 is 2.00 bits per heavy atom. The minimum absolute atomic E-state index is 0.434. The molecule has 1 aromatic rings. The zero-order chi connectivity index (χ0) is 14.5. The monoisotopic (exact) mass is 279 g/mol.